The molecule has 12 nitrogen and oxygen atoms in total. The zero-order valence-electron chi connectivity index (χ0n) is 27.1. The summed E-state index contributed by atoms with van der Waals surface area (Å²) in [5, 5.41) is 10.9. The second-order valence-electron chi connectivity index (χ2n) is 11.2. The maximum atomic E-state index is 12.7. The Bertz CT molecular complexity index is 1880. The average Bonchev–Trinajstić information content (AvgIpc) is 3.78. The average molecular weight is 685 g/mol. The van der Waals surface area contributed by atoms with Crippen LogP contribution >= 0.6 is 22.7 Å². The van der Waals surface area contributed by atoms with Gasteiger partial charge in [-0.2, -0.15) is 0 Å². The molecule has 0 aliphatic carbocycles. The minimum Gasteiger partial charge on any atom is -0.493 e. The molecule has 4 aromatic rings. The number of nitrogens with zero attached hydrogens (tertiary/aromatic N) is 2. The summed E-state index contributed by atoms with van der Waals surface area (Å²) in [7, 11) is 7.68. The summed E-state index contributed by atoms with van der Waals surface area (Å²) in [6.07, 6.45) is 0.127. The number of rotatable bonds is 10. The predicted octanol–water partition coefficient (Wildman–Crippen LogP) is 5.56. The molecule has 14 heteroatoms. The van der Waals surface area contributed by atoms with E-state index >= 15 is 0 Å². The summed E-state index contributed by atoms with van der Waals surface area (Å²) >= 11 is 2.86. The third kappa shape index (κ3) is 6.26. The molecule has 2 aromatic carbocycles. The van der Waals surface area contributed by atoms with Crippen LogP contribution in [0.1, 0.15) is 57.2 Å². The number of fused-ring (bicyclic) bond motifs is 6. The van der Waals surface area contributed by atoms with E-state index in [1.54, 1.807) is 45.2 Å². The molecule has 2 unspecified atom stereocenters. The Balaban J connectivity index is 0.000000185. The fourth-order valence-electron chi connectivity index (χ4n) is 5.86. The van der Waals surface area contributed by atoms with Gasteiger partial charge in [-0.15, -0.1) is 22.7 Å². The number of hydrogen-bond donors (Lipinski definition) is 1. The zero-order valence-corrected chi connectivity index (χ0v) is 28.8. The Kier molecular flexibility index (Phi) is 9.82. The van der Waals surface area contributed by atoms with Gasteiger partial charge >= 0.3 is 11.9 Å². The predicted molar refractivity (Wildman–Crippen MR) is 177 cm³/mol. The first-order valence-corrected chi connectivity index (χ1v) is 16.3. The normalized spacial score (nSPS) is 14.8. The fraction of sp³-hybridized carbons (Fsp3) is 0.394. The summed E-state index contributed by atoms with van der Waals surface area (Å²) in [6.45, 7) is 4.53. The molecule has 0 saturated heterocycles. The number of thiophene rings is 2. The third-order valence-corrected chi connectivity index (χ3v) is 10.8. The number of carboxylic acid groups (broad SMARTS) is 1. The van der Waals surface area contributed by atoms with Gasteiger partial charge in [-0.3, -0.25) is 19.2 Å². The van der Waals surface area contributed by atoms with Gasteiger partial charge in [-0.25, -0.2) is 0 Å². The highest BCUT2D eigenvalue weighted by Gasteiger charge is 2.36. The molecule has 250 valence electrons. The summed E-state index contributed by atoms with van der Waals surface area (Å²) in [5.41, 5.74) is 1.92. The lowest BCUT2D eigenvalue weighted by atomic mass is 10.1. The highest BCUT2D eigenvalue weighted by atomic mass is 32.1. The van der Waals surface area contributed by atoms with Crippen LogP contribution in [0.5, 0.6) is 23.0 Å². The van der Waals surface area contributed by atoms with E-state index < -0.39 is 5.97 Å². The van der Waals surface area contributed by atoms with Crippen LogP contribution in [-0.2, 0) is 27.4 Å². The molecule has 47 heavy (non-hydrogen) atoms. The molecule has 2 amide bonds. The van der Waals surface area contributed by atoms with Crippen LogP contribution in [-0.4, -0.2) is 86.3 Å². The molecule has 0 spiro atoms. The number of hydrogen-bond acceptors (Lipinski definition) is 11. The molecule has 2 aromatic heterocycles. The number of carbonyl (C=O) groups excluding carboxylic acids is 3. The van der Waals surface area contributed by atoms with E-state index in [4.69, 9.17) is 28.8 Å². The fourth-order valence-corrected chi connectivity index (χ4v) is 8.22. The van der Waals surface area contributed by atoms with Crippen molar-refractivity contribution in [2.24, 2.45) is 0 Å². The lowest BCUT2D eigenvalue weighted by Gasteiger charge is -2.23. The second-order valence-corrected chi connectivity index (χ2v) is 13.3. The number of benzene rings is 2. The molecule has 2 atom stereocenters. The summed E-state index contributed by atoms with van der Waals surface area (Å²) in [6, 6.07) is 7.00. The number of carbonyl (C=O) groups is 4. The molecule has 0 saturated carbocycles. The first kappa shape index (κ1) is 33.8. The summed E-state index contributed by atoms with van der Waals surface area (Å²) in [4.78, 5) is 52.4. The van der Waals surface area contributed by atoms with Gasteiger partial charge in [-0.05, 0) is 26.0 Å². The van der Waals surface area contributed by atoms with E-state index in [0.717, 1.165) is 36.2 Å². The van der Waals surface area contributed by atoms with Crippen LogP contribution in [0, 0.1) is 0 Å². The standard InChI is InChI=1S/C17H19NO5S.C16H17NO5S/c1-9(5-15(19)23-4)18-8-11-10-6-12(21-2)13(22-3)7-14(10)24-16(11)17(18)20;1-8(4-14(18)19)17-7-10-9-5-11(21-2)12(22-3)6-13(9)23-15(10)16(17)20/h6-7,9H,5,8H2,1-4H3;5-6,8H,4,7H2,1-3H3,(H,18,19). The molecular formula is C33H36N2O10S2. The van der Waals surface area contributed by atoms with Crippen LogP contribution in [0.25, 0.3) is 20.2 Å². The topological polar surface area (TPSA) is 141 Å². The van der Waals surface area contributed by atoms with Crippen molar-refractivity contribution in [3.8, 4) is 23.0 Å². The Morgan fingerprint density at radius 2 is 1.09 bits per heavy atom. The van der Waals surface area contributed by atoms with Crippen LogP contribution < -0.4 is 18.9 Å². The van der Waals surface area contributed by atoms with Gasteiger partial charge < -0.3 is 38.6 Å². The van der Waals surface area contributed by atoms with Crippen molar-refractivity contribution in [2.75, 3.05) is 35.5 Å². The smallest absolute Gasteiger partial charge is 0.307 e. The van der Waals surface area contributed by atoms with Gasteiger partial charge in [-0.1, -0.05) is 0 Å². The number of aliphatic carboxylic acids is 1. The van der Waals surface area contributed by atoms with Crippen molar-refractivity contribution in [1.82, 2.24) is 9.80 Å². The highest BCUT2D eigenvalue weighted by molar-refractivity contribution is 7.21. The number of ether oxygens (including phenoxy) is 5. The minimum atomic E-state index is -0.906. The second kappa shape index (κ2) is 13.7. The van der Waals surface area contributed by atoms with Crippen LogP contribution in [0.15, 0.2) is 24.3 Å². The van der Waals surface area contributed by atoms with Crippen LogP contribution in [0.3, 0.4) is 0 Å². The first-order chi connectivity index (χ1) is 22.4. The van der Waals surface area contributed by atoms with Crippen LogP contribution in [0.2, 0.25) is 0 Å². The van der Waals surface area contributed by atoms with Gasteiger partial charge in [0.15, 0.2) is 23.0 Å². The van der Waals surface area contributed by atoms with Crippen molar-refractivity contribution in [2.45, 2.75) is 51.9 Å². The molecule has 2 aliphatic rings. The monoisotopic (exact) mass is 684 g/mol. The van der Waals surface area contributed by atoms with Crippen molar-refractivity contribution in [3.63, 3.8) is 0 Å². The quantitative estimate of drug-likeness (QED) is 0.211. The largest absolute Gasteiger partial charge is 0.493 e. The SMILES string of the molecule is COC(=O)CC(C)N1Cc2c(sc3cc(OC)c(OC)cc23)C1=O.COc1cc2sc3c(c2cc1OC)CN(C(C)CC(=O)O)C3=O. The maximum absolute atomic E-state index is 12.7. The van der Waals surface area contributed by atoms with E-state index in [1.807, 2.05) is 31.2 Å². The van der Waals surface area contributed by atoms with E-state index in [2.05, 4.69) is 0 Å². The summed E-state index contributed by atoms with van der Waals surface area (Å²) in [5.74, 6) is 1.16. The van der Waals surface area contributed by atoms with Crippen molar-refractivity contribution >= 4 is 66.6 Å². The Hall–Kier alpha value is -4.56. The lowest BCUT2D eigenvalue weighted by molar-refractivity contribution is -0.141. The maximum Gasteiger partial charge on any atom is 0.307 e. The first-order valence-electron chi connectivity index (χ1n) is 14.7. The Morgan fingerprint density at radius 1 is 0.702 bits per heavy atom. The molecule has 6 rings (SSSR count). The molecule has 0 fully saturated rings. The van der Waals surface area contributed by atoms with E-state index in [-0.39, 0.29) is 42.7 Å². The zero-order chi connectivity index (χ0) is 34.2. The molecule has 1 N–H and O–H groups in total. The molecular weight excluding hydrogens is 649 g/mol. The molecule has 0 bridgehead atoms. The van der Waals surface area contributed by atoms with Crippen molar-refractivity contribution in [1.29, 1.82) is 0 Å². The van der Waals surface area contributed by atoms with E-state index in [1.165, 1.54) is 29.8 Å². The molecule has 4 heterocycles. The van der Waals surface area contributed by atoms with Gasteiger partial charge in [0.2, 0.25) is 0 Å². The van der Waals surface area contributed by atoms with Gasteiger partial charge in [0.25, 0.3) is 11.8 Å². The van der Waals surface area contributed by atoms with Gasteiger partial charge in [0, 0.05) is 68.6 Å². The number of esters is 1. The van der Waals surface area contributed by atoms with Crippen molar-refractivity contribution in [3.05, 3.63) is 45.1 Å². The highest BCUT2D eigenvalue weighted by Crippen LogP contribution is 2.44. The number of carboxylic acids is 1. The van der Waals surface area contributed by atoms with Crippen molar-refractivity contribution < 1.29 is 48.0 Å². The number of amides is 2. The lowest BCUT2D eigenvalue weighted by Crippen LogP contribution is -2.35. The van der Waals surface area contributed by atoms with Gasteiger partial charge in [0.05, 0.1) is 58.1 Å². The molecule has 0 radical (unpaired) electrons. The minimum absolute atomic E-state index is 0.0412. The Labute approximate surface area is 279 Å². The third-order valence-electron chi connectivity index (χ3n) is 8.38. The van der Waals surface area contributed by atoms with E-state index in [9.17, 15) is 19.2 Å². The van der Waals surface area contributed by atoms with Gasteiger partial charge in [0.1, 0.15) is 0 Å². The Morgan fingerprint density at radius 3 is 1.45 bits per heavy atom. The molecule has 2 aliphatic heterocycles. The van der Waals surface area contributed by atoms with E-state index in [0.29, 0.717) is 41.0 Å². The summed E-state index contributed by atoms with van der Waals surface area (Å²) < 4.78 is 28.0. The van der Waals surface area contributed by atoms with Crippen LogP contribution in [0.4, 0.5) is 0 Å². The number of methoxy groups -OCH3 is 5.